The minimum atomic E-state index is -4.50. The Morgan fingerprint density at radius 3 is 2.41 bits per heavy atom. The number of halogens is 4. The average molecular weight is 589 g/mol. The van der Waals surface area contributed by atoms with E-state index in [1.807, 2.05) is 4.90 Å². The molecular weight excluding hydrogens is 553 g/mol. The van der Waals surface area contributed by atoms with Crippen molar-refractivity contribution in [2.45, 2.75) is 32.9 Å². The van der Waals surface area contributed by atoms with Gasteiger partial charge in [-0.25, -0.2) is 4.79 Å². The molecule has 220 valence electrons. The van der Waals surface area contributed by atoms with Gasteiger partial charge in [0.1, 0.15) is 0 Å². The molecule has 1 N–H and O–H groups in total. The predicted octanol–water partition coefficient (Wildman–Crippen LogP) is 6.64. The van der Waals surface area contributed by atoms with E-state index in [1.54, 1.807) is 29.2 Å². The highest BCUT2D eigenvalue weighted by Crippen LogP contribution is 2.59. The molecule has 1 saturated heterocycles. The van der Waals surface area contributed by atoms with E-state index in [2.05, 4.69) is 30.1 Å². The van der Waals surface area contributed by atoms with E-state index < -0.39 is 17.6 Å². The van der Waals surface area contributed by atoms with Crippen LogP contribution < -0.4 is 5.32 Å². The second-order valence-corrected chi connectivity index (χ2v) is 12.3. The normalized spacial score (nSPS) is 22.0. The van der Waals surface area contributed by atoms with Crippen molar-refractivity contribution in [3.05, 3.63) is 76.3 Å². The first-order valence-corrected chi connectivity index (χ1v) is 14.5. The van der Waals surface area contributed by atoms with Crippen LogP contribution in [-0.4, -0.2) is 72.5 Å². The zero-order valence-electron chi connectivity index (χ0n) is 23.4. The van der Waals surface area contributed by atoms with E-state index in [4.69, 9.17) is 11.6 Å². The van der Waals surface area contributed by atoms with Gasteiger partial charge in [0.05, 0.1) is 5.56 Å². The van der Waals surface area contributed by atoms with Gasteiger partial charge in [-0.3, -0.25) is 9.69 Å². The number of rotatable bonds is 7. The number of fused-ring (bicyclic) bond motifs is 1. The Bertz CT molecular complexity index is 1300. The molecule has 10 heteroatoms. The number of hydrogen-bond donors (Lipinski definition) is 1. The summed E-state index contributed by atoms with van der Waals surface area (Å²) in [5.41, 5.74) is 1.46. The Balaban J connectivity index is 1.19. The third-order valence-electron chi connectivity index (χ3n) is 9.12. The number of piperazine rings is 1. The lowest BCUT2D eigenvalue weighted by Crippen LogP contribution is -2.52. The van der Waals surface area contributed by atoms with Gasteiger partial charge in [-0.2, -0.15) is 13.2 Å². The Hall–Kier alpha value is -3.04. The summed E-state index contributed by atoms with van der Waals surface area (Å²) in [5.74, 6) is 0.797. The number of benzene rings is 2. The zero-order valence-corrected chi connectivity index (χ0v) is 24.1. The second-order valence-electron chi connectivity index (χ2n) is 11.9. The Labute approximate surface area is 244 Å². The van der Waals surface area contributed by atoms with Gasteiger partial charge in [0.15, 0.2) is 0 Å². The number of urea groups is 1. The molecule has 1 saturated carbocycles. The van der Waals surface area contributed by atoms with Gasteiger partial charge in [-0.1, -0.05) is 43.2 Å². The Morgan fingerprint density at radius 1 is 1.07 bits per heavy atom. The minimum absolute atomic E-state index is 0.0419. The number of amides is 3. The van der Waals surface area contributed by atoms with E-state index in [-0.39, 0.29) is 17.0 Å². The Kier molecular flexibility index (Phi) is 8.39. The topological polar surface area (TPSA) is 55.9 Å². The quantitative estimate of drug-likeness (QED) is 0.369. The molecule has 2 aromatic rings. The summed E-state index contributed by atoms with van der Waals surface area (Å²) in [4.78, 5) is 32.0. The van der Waals surface area contributed by atoms with Gasteiger partial charge < -0.3 is 15.1 Å². The molecule has 2 fully saturated rings. The third kappa shape index (κ3) is 6.56. The molecule has 2 unspecified atom stereocenters. The van der Waals surface area contributed by atoms with Crippen LogP contribution in [0.4, 0.5) is 23.7 Å². The van der Waals surface area contributed by atoms with Crippen molar-refractivity contribution in [1.82, 2.24) is 14.7 Å². The van der Waals surface area contributed by atoms with Crippen LogP contribution in [0.2, 0.25) is 5.02 Å². The number of nitrogens with zero attached hydrogens (tertiary/aromatic N) is 3. The molecule has 6 nitrogen and oxygen atoms in total. The van der Waals surface area contributed by atoms with E-state index >= 15 is 0 Å². The monoisotopic (exact) mass is 588 g/mol. The van der Waals surface area contributed by atoms with E-state index in [1.165, 1.54) is 24.1 Å². The summed E-state index contributed by atoms with van der Waals surface area (Å²) in [6.45, 7) is 8.32. The fourth-order valence-electron chi connectivity index (χ4n) is 6.31. The van der Waals surface area contributed by atoms with Gasteiger partial charge >= 0.3 is 12.2 Å². The highest BCUT2D eigenvalue weighted by molar-refractivity contribution is 6.30. The van der Waals surface area contributed by atoms with E-state index in [9.17, 15) is 22.8 Å². The minimum Gasteiger partial charge on any atom is -0.336 e. The standard InChI is InChI=1S/C31H36ClF3N4O2/c1-30(2)23-7-6-22(27(30)19-23)20-39(29(41)36-26-10-8-25(32)9-11-26)17-14-37-12-15-38(16-13-37)28(40)21-4-3-5-24(18-21)31(33,34)35/h3-6,8-11,18,23,27H,7,12-17,19-20H2,1-2H3,(H,36,41). The lowest BCUT2D eigenvalue weighted by Gasteiger charge is -2.57. The smallest absolute Gasteiger partial charge is 0.336 e. The first kappa shape index (κ1) is 29.5. The van der Waals surface area contributed by atoms with Gasteiger partial charge in [0, 0.05) is 62.1 Å². The van der Waals surface area contributed by atoms with Crippen LogP contribution >= 0.6 is 11.6 Å². The fraction of sp³-hybridized carbons (Fsp3) is 0.484. The molecule has 0 radical (unpaired) electrons. The molecular formula is C31H36ClF3N4O2. The fourth-order valence-corrected chi connectivity index (χ4v) is 6.44. The largest absolute Gasteiger partial charge is 0.416 e. The van der Waals surface area contributed by atoms with Crippen molar-refractivity contribution in [2.24, 2.45) is 17.3 Å². The van der Waals surface area contributed by atoms with Crippen molar-refractivity contribution in [2.75, 3.05) is 51.1 Å². The van der Waals surface area contributed by atoms with Crippen LogP contribution in [-0.2, 0) is 6.18 Å². The first-order valence-electron chi connectivity index (χ1n) is 14.1. The summed E-state index contributed by atoms with van der Waals surface area (Å²) in [7, 11) is 0. The molecule has 3 aliphatic carbocycles. The van der Waals surface area contributed by atoms with Gasteiger partial charge in [-0.15, -0.1) is 0 Å². The lowest BCUT2D eigenvalue weighted by molar-refractivity contribution is -0.137. The molecule has 1 aliphatic heterocycles. The summed E-state index contributed by atoms with van der Waals surface area (Å²) in [6, 6.07) is 11.4. The maximum atomic E-state index is 13.4. The number of carbonyl (C=O) groups is 2. The number of nitrogens with one attached hydrogen (secondary N) is 1. The molecule has 4 aliphatic rings. The van der Waals surface area contributed by atoms with Crippen LogP contribution in [0.3, 0.4) is 0 Å². The molecule has 0 spiro atoms. The van der Waals surface area contributed by atoms with Crippen molar-refractivity contribution >= 4 is 29.2 Å². The predicted molar refractivity (Wildman–Crippen MR) is 154 cm³/mol. The second kappa shape index (κ2) is 11.7. The van der Waals surface area contributed by atoms with Crippen LogP contribution in [0, 0.1) is 17.3 Å². The summed E-state index contributed by atoms with van der Waals surface area (Å²) < 4.78 is 39.3. The molecule has 2 aromatic carbocycles. The van der Waals surface area contributed by atoms with Crippen LogP contribution in [0.5, 0.6) is 0 Å². The van der Waals surface area contributed by atoms with Crippen molar-refractivity contribution in [3.63, 3.8) is 0 Å². The van der Waals surface area contributed by atoms with Crippen molar-refractivity contribution < 1.29 is 22.8 Å². The van der Waals surface area contributed by atoms with Crippen LogP contribution in [0.25, 0.3) is 0 Å². The van der Waals surface area contributed by atoms with Crippen LogP contribution in [0.15, 0.2) is 60.2 Å². The summed E-state index contributed by atoms with van der Waals surface area (Å²) in [5, 5.41) is 3.60. The van der Waals surface area contributed by atoms with Crippen LogP contribution in [0.1, 0.15) is 42.6 Å². The number of allylic oxidation sites excluding steroid dienone is 1. The third-order valence-corrected chi connectivity index (χ3v) is 9.37. The van der Waals surface area contributed by atoms with Gasteiger partial charge in [0.2, 0.25) is 0 Å². The van der Waals surface area contributed by atoms with Gasteiger partial charge in [-0.05, 0) is 72.6 Å². The highest BCUT2D eigenvalue weighted by Gasteiger charge is 2.51. The SMILES string of the molecule is CC1(C)C2CC=C(CN(CCN3CCN(C(=O)c4cccc(C(F)(F)F)c4)CC3)C(=O)Nc3ccc(Cl)cc3)C1C2. The lowest BCUT2D eigenvalue weighted by atomic mass is 9.49. The van der Waals surface area contributed by atoms with Gasteiger partial charge in [0.25, 0.3) is 5.91 Å². The molecule has 2 bridgehead atoms. The number of anilines is 1. The van der Waals surface area contributed by atoms with Crippen molar-refractivity contribution in [3.8, 4) is 0 Å². The number of carbonyl (C=O) groups excluding carboxylic acids is 2. The molecule has 6 rings (SSSR count). The van der Waals surface area contributed by atoms with E-state index in [0.717, 1.165) is 18.6 Å². The van der Waals surface area contributed by atoms with Crippen molar-refractivity contribution in [1.29, 1.82) is 0 Å². The maximum absolute atomic E-state index is 13.4. The maximum Gasteiger partial charge on any atom is 0.416 e. The molecule has 41 heavy (non-hydrogen) atoms. The zero-order chi connectivity index (χ0) is 29.4. The van der Waals surface area contributed by atoms with E-state index in [0.29, 0.717) is 68.4 Å². The average Bonchev–Trinajstić information content (AvgIpc) is 2.96. The Morgan fingerprint density at radius 2 is 1.78 bits per heavy atom. The first-order chi connectivity index (χ1) is 19.4. The highest BCUT2D eigenvalue weighted by atomic mass is 35.5. The molecule has 2 atom stereocenters. The molecule has 3 amide bonds. The molecule has 1 heterocycles. The summed E-state index contributed by atoms with van der Waals surface area (Å²) >= 11 is 6.01. The molecule has 0 aromatic heterocycles. The number of alkyl halides is 3. The summed E-state index contributed by atoms with van der Waals surface area (Å²) in [6.07, 6.45) is 0.0377. The number of hydrogen-bond acceptors (Lipinski definition) is 3.